The highest BCUT2D eigenvalue weighted by Gasteiger charge is 2.39. The first-order valence-corrected chi connectivity index (χ1v) is 7.96. The molecule has 1 aromatic rings. The third-order valence-corrected chi connectivity index (χ3v) is 5.57. The van der Waals surface area contributed by atoms with Gasteiger partial charge < -0.3 is 10.8 Å². The van der Waals surface area contributed by atoms with E-state index in [4.69, 9.17) is 17.3 Å². The van der Waals surface area contributed by atoms with E-state index in [1.54, 1.807) is 20.8 Å². The Kier molecular flexibility index (Phi) is 4.46. The molecule has 0 atom stereocenters. The second-order valence-corrected chi connectivity index (χ2v) is 7.99. The van der Waals surface area contributed by atoms with Gasteiger partial charge in [-0.15, -0.1) is 0 Å². The van der Waals surface area contributed by atoms with E-state index in [1.165, 1.54) is 26.0 Å². The number of hydrogen-bond donors (Lipinski definition) is 3. The minimum atomic E-state index is -3.85. The number of nitrogens with one attached hydrogen (secondary N) is 1. The van der Waals surface area contributed by atoms with Gasteiger partial charge in [0.1, 0.15) is 0 Å². The van der Waals surface area contributed by atoms with E-state index < -0.39 is 21.2 Å². The molecule has 0 heterocycles. The van der Waals surface area contributed by atoms with Crippen LogP contribution >= 0.6 is 11.6 Å². The molecule has 0 amide bonds. The Morgan fingerprint density at radius 1 is 1.25 bits per heavy atom. The number of hydrogen-bond acceptors (Lipinski definition) is 4. The molecule has 7 heteroatoms. The van der Waals surface area contributed by atoms with E-state index in [1.807, 2.05) is 0 Å². The topological polar surface area (TPSA) is 92.4 Å². The smallest absolute Gasteiger partial charge is 0.241 e. The maximum absolute atomic E-state index is 12.5. The van der Waals surface area contributed by atoms with Crippen molar-refractivity contribution >= 4 is 27.3 Å². The fourth-order valence-corrected chi connectivity index (χ4v) is 3.60. The van der Waals surface area contributed by atoms with Gasteiger partial charge in [-0.05, 0) is 52.3 Å². The van der Waals surface area contributed by atoms with Crippen molar-refractivity contribution < 1.29 is 13.5 Å². The van der Waals surface area contributed by atoms with Gasteiger partial charge in [-0.2, -0.15) is 0 Å². The number of rotatable bonds is 4. The van der Waals surface area contributed by atoms with Crippen LogP contribution in [0, 0.1) is 6.92 Å². The molecule has 0 fully saturated rings. The van der Waals surface area contributed by atoms with Gasteiger partial charge in [-0.3, -0.25) is 0 Å². The van der Waals surface area contributed by atoms with Crippen molar-refractivity contribution in [1.82, 2.24) is 4.72 Å². The maximum atomic E-state index is 12.5. The zero-order valence-electron chi connectivity index (χ0n) is 12.3. The van der Waals surface area contributed by atoms with Gasteiger partial charge in [-0.25, -0.2) is 13.1 Å². The summed E-state index contributed by atoms with van der Waals surface area (Å²) in [6.45, 7) is 7.89. The van der Waals surface area contributed by atoms with Crippen molar-refractivity contribution in [2.45, 2.75) is 50.7 Å². The van der Waals surface area contributed by atoms with Crippen LogP contribution in [0.1, 0.15) is 33.3 Å². The second kappa shape index (κ2) is 5.18. The number of nitrogen functional groups attached to an aromatic ring is 1. The first kappa shape index (κ1) is 17.2. The third-order valence-electron chi connectivity index (χ3n) is 3.57. The van der Waals surface area contributed by atoms with Gasteiger partial charge in [0.25, 0.3) is 0 Å². The van der Waals surface area contributed by atoms with Crippen molar-refractivity contribution in [2.24, 2.45) is 0 Å². The van der Waals surface area contributed by atoms with E-state index >= 15 is 0 Å². The predicted octanol–water partition coefficient (Wildman–Crippen LogP) is 2.06. The highest BCUT2D eigenvalue weighted by atomic mass is 35.5. The van der Waals surface area contributed by atoms with E-state index in [9.17, 15) is 13.5 Å². The number of sulfonamides is 1. The molecule has 0 aliphatic rings. The van der Waals surface area contributed by atoms with Gasteiger partial charge in [0.2, 0.25) is 10.0 Å². The lowest BCUT2D eigenvalue weighted by Crippen LogP contribution is -2.57. The fourth-order valence-electron chi connectivity index (χ4n) is 1.47. The van der Waals surface area contributed by atoms with Gasteiger partial charge in [0.15, 0.2) is 0 Å². The summed E-state index contributed by atoms with van der Waals surface area (Å²) in [6.07, 6.45) is 0. The molecule has 0 unspecified atom stereocenters. The zero-order valence-corrected chi connectivity index (χ0v) is 13.9. The van der Waals surface area contributed by atoms with Crippen LogP contribution in [-0.4, -0.2) is 24.7 Å². The molecule has 0 saturated heterocycles. The average Bonchev–Trinajstić information content (AvgIpc) is 2.19. The minimum Gasteiger partial charge on any atom is -0.398 e. The summed E-state index contributed by atoms with van der Waals surface area (Å²) in [6, 6.07) is 2.84. The van der Waals surface area contributed by atoms with Crippen LogP contribution in [0.25, 0.3) is 0 Å². The molecular weight excluding hydrogens is 300 g/mol. The molecule has 20 heavy (non-hydrogen) atoms. The summed E-state index contributed by atoms with van der Waals surface area (Å²) in [5, 5.41) is 10.3. The molecule has 0 saturated carbocycles. The van der Waals surface area contributed by atoms with Crippen molar-refractivity contribution in [3.63, 3.8) is 0 Å². The number of nitrogens with two attached hydrogens (primary N) is 1. The third kappa shape index (κ3) is 3.44. The monoisotopic (exact) mass is 320 g/mol. The Morgan fingerprint density at radius 2 is 1.75 bits per heavy atom. The summed E-state index contributed by atoms with van der Waals surface area (Å²) >= 11 is 5.87. The Labute approximate surface area is 125 Å². The summed E-state index contributed by atoms with van der Waals surface area (Å²) in [5.41, 5.74) is 4.17. The molecule has 0 radical (unpaired) electrons. The van der Waals surface area contributed by atoms with Crippen molar-refractivity contribution in [1.29, 1.82) is 0 Å². The first-order valence-electron chi connectivity index (χ1n) is 6.10. The van der Waals surface area contributed by atoms with E-state index in [2.05, 4.69) is 4.72 Å². The molecule has 4 N–H and O–H groups in total. The summed E-state index contributed by atoms with van der Waals surface area (Å²) in [7, 11) is -3.85. The Balaban J connectivity index is 3.33. The summed E-state index contributed by atoms with van der Waals surface area (Å²) < 4.78 is 27.5. The number of halogens is 1. The predicted molar refractivity (Wildman–Crippen MR) is 81.3 cm³/mol. The Bertz CT molecular complexity index is 619. The van der Waals surface area contributed by atoms with E-state index in [0.29, 0.717) is 11.3 Å². The first-order chi connectivity index (χ1) is 8.78. The van der Waals surface area contributed by atoms with Crippen LogP contribution in [0.5, 0.6) is 0 Å². The van der Waals surface area contributed by atoms with Crippen molar-refractivity contribution in [3.05, 3.63) is 22.7 Å². The van der Waals surface area contributed by atoms with Gasteiger partial charge in [0.05, 0.1) is 16.0 Å². The van der Waals surface area contributed by atoms with Gasteiger partial charge >= 0.3 is 0 Å². The summed E-state index contributed by atoms with van der Waals surface area (Å²) in [4.78, 5) is 0.0137. The molecule has 0 spiro atoms. The molecule has 5 nitrogen and oxygen atoms in total. The maximum Gasteiger partial charge on any atom is 0.241 e. The van der Waals surface area contributed by atoms with Crippen LogP contribution in [0.3, 0.4) is 0 Å². The lowest BCUT2D eigenvalue weighted by Gasteiger charge is -2.37. The van der Waals surface area contributed by atoms with Crippen LogP contribution in [0.15, 0.2) is 17.0 Å². The average molecular weight is 321 g/mol. The molecule has 0 bridgehead atoms. The normalized spacial score (nSPS) is 13.6. The Hall–Kier alpha value is -0.820. The quantitative estimate of drug-likeness (QED) is 0.740. The largest absolute Gasteiger partial charge is 0.398 e. The van der Waals surface area contributed by atoms with Crippen LogP contribution < -0.4 is 10.5 Å². The minimum absolute atomic E-state index is 0.0137. The van der Waals surface area contributed by atoms with Crippen LogP contribution in [0.2, 0.25) is 5.02 Å². The van der Waals surface area contributed by atoms with Crippen LogP contribution in [-0.2, 0) is 10.0 Å². The van der Waals surface area contributed by atoms with Crippen molar-refractivity contribution in [3.8, 4) is 0 Å². The van der Waals surface area contributed by atoms with Gasteiger partial charge in [0, 0.05) is 10.7 Å². The standard InChI is InChI=1S/C13H21ClN2O3S/c1-8-10(15)6-9(14)7-11(8)20(18,19)16-12(2,3)13(4,5)17/h6-7,16-17H,15H2,1-5H3. The second-order valence-electron chi connectivity index (χ2n) is 5.91. The highest BCUT2D eigenvalue weighted by Crippen LogP contribution is 2.29. The lowest BCUT2D eigenvalue weighted by atomic mass is 9.87. The van der Waals surface area contributed by atoms with E-state index in [-0.39, 0.29) is 9.92 Å². The molecule has 1 aromatic carbocycles. The molecular formula is C13H21ClN2O3S. The molecule has 0 aromatic heterocycles. The van der Waals surface area contributed by atoms with Crippen molar-refractivity contribution in [2.75, 3.05) is 5.73 Å². The Morgan fingerprint density at radius 3 is 2.20 bits per heavy atom. The SMILES string of the molecule is Cc1c(N)cc(Cl)cc1S(=O)(=O)NC(C)(C)C(C)(C)O. The molecule has 0 aliphatic heterocycles. The highest BCUT2D eigenvalue weighted by molar-refractivity contribution is 7.89. The number of benzene rings is 1. The lowest BCUT2D eigenvalue weighted by molar-refractivity contribution is 0.00638. The molecule has 1 rings (SSSR count). The fraction of sp³-hybridized carbons (Fsp3) is 0.538. The van der Waals surface area contributed by atoms with E-state index in [0.717, 1.165) is 0 Å². The number of aliphatic hydroxyl groups is 1. The molecule has 114 valence electrons. The zero-order chi connectivity index (χ0) is 15.9. The van der Waals surface area contributed by atoms with Gasteiger partial charge in [-0.1, -0.05) is 11.6 Å². The van der Waals surface area contributed by atoms with Crippen LogP contribution in [0.4, 0.5) is 5.69 Å². The molecule has 0 aliphatic carbocycles. The summed E-state index contributed by atoms with van der Waals surface area (Å²) in [5.74, 6) is 0. The number of anilines is 1.